The molecule has 2 saturated heterocycles. The molecule has 2 fully saturated rings. The lowest BCUT2D eigenvalue weighted by molar-refractivity contribution is -0.137. The van der Waals surface area contributed by atoms with Crippen molar-refractivity contribution in [2.75, 3.05) is 13.1 Å². The highest BCUT2D eigenvalue weighted by Crippen LogP contribution is 2.31. The van der Waals surface area contributed by atoms with E-state index >= 15 is 0 Å². The number of hydrogen-bond acceptors (Lipinski definition) is 6. The molecule has 5 rings (SSSR count). The summed E-state index contributed by atoms with van der Waals surface area (Å²) in [4.78, 5) is 52.5. The van der Waals surface area contributed by atoms with Gasteiger partial charge in [-0.3, -0.25) is 29.4 Å². The molecule has 3 heterocycles. The van der Waals surface area contributed by atoms with Gasteiger partial charge in [-0.2, -0.15) is 0 Å². The molecule has 9 heteroatoms. The van der Waals surface area contributed by atoms with Gasteiger partial charge < -0.3 is 15.0 Å². The molecule has 0 radical (unpaired) electrons. The Morgan fingerprint density at radius 1 is 1.11 bits per heavy atom. The minimum absolute atomic E-state index is 0.0930. The van der Waals surface area contributed by atoms with Crippen LogP contribution >= 0.6 is 0 Å². The molecule has 0 spiro atoms. The second-order valence-corrected chi connectivity index (χ2v) is 9.69. The molecule has 188 valence electrons. The quantitative estimate of drug-likeness (QED) is 0.596. The first kappa shape index (κ1) is 24.0. The van der Waals surface area contributed by atoms with Gasteiger partial charge in [0.05, 0.1) is 6.04 Å². The van der Waals surface area contributed by atoms with Gasteiger partial charge in [0.1, 0.15) is 17.9 Å². The lowest BCUT2D eigenvalue weighted by Crippen LogP contribution is -2.55. The lowest BCUT2D eigenvalue weighted by Gasteiger charge is -2.38. The van der Waals surface area contributed by atoms with Crippen LogP contribution in [0.4, 0.5) is 0 Å². The summed E-state index contributed by atoms with van der Waals surface area (Å²) < 4.78 is 6.40. The molecule has 2 aromatic carbocycles. The summed E-state index contributed by atoms with van der Waals surface area (Å²) in [6.45, 7) is 4.10. The zero-order chi connectivity index (χ0) is 25.2. The Kier molecular flexibility index (Phi) is 6.73. The normalized spacial score (nSPS) is 24.3. The molecule has 3 aliphatic heterocycles. The number of hydrogen-bond donors (Lipinski definition) is 2. The standard InChI is InChI=1S/C27H30N4O5/c1-17(32)28-22-11-12-30(14-18-5-3-2-4-6-18)16-24(22)36-20-7-8-21-19(13-20)15-31(27(21)35)23-9-10-25(33)29-26(23)34/h2-8,13,22-24H,9-12,14-16H2,1H3,(H,28,32)(H,29,33,34). The minimum Gasteiger partial charge on any atom is -0.487 e. The second kappa shape index (κ2) is 10.1. The van der Waals surface area contributed by atoms with Crippen LogP contribution in [0.15, 0.2) is 48.5 Å². The average molecular weight is 491 g/mol. The van der Waals surface area contributed by atoms with E-state index < -0.39 is 11.9 Å². The number of likely N-dealkylation sites (tertiary alicyclic amines) is 1. The Labute approximate surface area is 209 Å². The van der Waals surface area contributed by atoms with E-state index in [1.54, 1.807) is 12.1 Å². The number of nitrogens with zero attached hydrogens (tertiary/aromatic N) is 2. The van der Waals surface area contributed by atoms with Crippen molar-refractivity contribution in [3.8, 4) is 5.75 Å². The minimum atomic E-state index is -0.652. The fourth-order valence-electron chi connectivity index (χ4n) is 5.31. The summed E-state index contributed by atoms with van der Waals surface area (Å²) in [5.41, 5.74) is 2.55. The highest BCUT2D eigenvalue weighted by molar-refractivity contribution is 6.05. The van der Waals surface area contributed by atoms with Crippen LogP contribution < -0.4 is 15.4 Å². The van der Waals surface area contributed by atoms with Crippen LogP contribution in [0.25, 0.3) is 0 Å². The Morgan fingerprint density at radius 2 is 1.92 bits per heavy atom. The molecular weight excluding hydrogens is 460 g/mol. The van der Waals surface area contributed by atoms with Crippen molar-refractivity contribution in [1.82, 2.24) is 20.4 Å². The van der Waals surface area contributed by atoms with Gasteiger partial charge in [-0.15, -0.1) is 0 Å². The number of benzene rings is 2. The van der Waals surface area contributed by atoms with Crippen molar-refractivity contribution in [2.24, 2.45) is 0 Å². The van der Waals surface area contributed by atoms with Gasteiger partial charge in [-0.1, -0.05) is 30.3 Å². The van der Waals surface area contributed by atoms with Crippen LogP contribution in [-0.2, 0) is 27.5 Å². The van der Waals surface area contributed by atoms with Crippen molar-refractivity contribution < 1.29 is 23.9 Å². The van der Waals surface area contributed by atoms with Gasteiger partial charge in [0, 0.05) is 45.1 Å². The number of carbonyl (C=O) groups excluding carboxylic acids is 4. The lowest BCUT2D eigenvalue weighted by atomic mass is 10.0. The zero-order valence-corrected chi connectivity index (χ0v) is 20.2. The number of imide groups is 1. The molecule has 3 atom stereocenters. The number of piperidine rings is 2. The van der Waals surface area contributed by atoms with E-state index in [1.165, 1.54) is 17.4 Å². The van der Waals surface area contributed by atoms with Crippen molar-refractivity contribution in [3.63, 3.8) is 0 Å². The van der Waals surface area contributed by atoms with Crippen LogP contribution in [0.2, 0.25) is 0 Å². The van der Waals surface area contributed by atoms with E-state index in [0.29, 0.717) is 24.3 Å². The van der Waals surface area contributed by atoms with Crippen molar-refractivity contribution in [3.05, 3.63) is 65.2 Å². The van der Waals surface area contributed by atoms with E-state index in [0.717, 1.165) is 25.1 Å². The van der Waals surface area contributed by atoms with Crippen molar-refractivity contribution in [1.29, 1.82) is 0 Å². The molecule has 3 aliphatic rings. The summed E-state index contributed by atoms with van der Waals surface area (Å²) in [5.74, 6) is -0.423. The predicted molar refractivity (Wildman–Crippen MR) is 131 cm³/mol. The Balaban J connectivity index is 1.30. The highest BCUT2D eigenvalue weighted by Gasteiger charge is 2.39. The van der Waals surface area contributed by atoms with E-state index in [2.05, 4.69) is 27.7 Å². The first-order valence-electron chi connectivity index (χ1n) is 12.3. The molecule has 0 bridgehead atoms. The second-order valence-electron chi connectivity index (χ2n) is 9.69. The summed E-state index contributed by atoms with van der Waals surface area (Å²) in [5, 5.41) is 5.35. The molecule has 3 unspecified atom stereocenters. The SMILES string of the molecule is CC(=O)NC1CCN(Cc2ccccc2)CC1Oc1ccc2c(c1)CN(C1CCC(=O)NC1=O)C2=O. The van der Waals surface area contributed by atoms with Crippen LogP contribution in [0.3, 0.4) is 0 Å². The fourth-order valence-corrected chi connectivity index (χ4v) is 5.31. The average Bonchev–Trinajstić information content (AvgIpc) is 3.16. The topological polar surface area (TPSA) is 108 Å². The van der Waals surface area contributed by atoms with Gasteiger partial charge in [0.25, 0.3) is 5.91 Å². The van der Waals surface area contributed by atoms with Crippen LogP contribution in [-0.4, -0.2) is 64.7 Å². The van der Waals surface area contributed by atoms with Gasteiger partial charge in [0.2, 0.25) is 17.7 Å². The third kappa shape index (κ3) is 5.11. The summed E-state index contributed by atoms with van der Waals surface area (Å²) in [6, 6.07) is 14.8. The first-order chi connectivity index (χ1) is 17.4. The van der Waals surface area contributed by atoms with Gasteiger partial charge >= 0.3 is 0 Å². The summed E-state index contributed by atoms with van der Waals surface area (Å²) in [6.07, 6.45) is 1.05. The fraction of sp³-hybridized carbons (Fsp3) is 0.407. The maximum Gasteiger partial charge on any atom is 0.255 e. The zero-order valence-electron chi connectivity index (χ0n) is 20.2. The maximum atomic E-state index is 13.0. The van der Waals surface area contributed by atoms with E-state index in [4.69, 9.17) is 4.74 Å². The van der Waals surface area contributed by atoms with Crippen molar-refractivity contribution in [2.45, 2.75) is 57.5 Å². The van der Waals surface area contributed by atoms with E-state index in [9.17, 15) is 19.2 Å². The molecule has 9 nitrogen and oxygen atoms in total. The number of rotatable bonds is 6. The molecule has 0 saturated carbocycles. The van der Waals surface area contributed by atoms with E-state index in [1.807, 2.05) is 24.3 Å². The monoisotopic (exact) mass is 490 g/mol. The summed E-state index contributed by atoms with van der Waals surface area (Å²) >= 11 is 0. The van der Waals surface area contributed by atoms with Crippen LogP contribution in [0, 0.1) is 0 Å². The van der Waals surface area contributed by atoms with E-state index in [-0.39, 0.29) is 42.8 Å². The smallest absolute Gasteiger partial charge is 0.255 e. The van der Waals surface area contributed by atoms with Crippen LogP contribution in [0.1, 0.15) is 47.7 Å². The highest BCUT2D eigenvalue weighted by atomic mass is 16.5. The molecule has 2 aromatic rings. The third-order valence-corrected chi connectivity index (χ3v) is 7.06. The molecule has 0 aliphatic carbocycles. The molecular formula is C27H30N4O5. The Hall–Kier alpha value is -3.72. The maximum absolute atomic E-state index is 13.0. The largest absolute Gasteiger partial charge is 0.487 e. The predicted octanol–water partition coefficient (Wildman–Crippen LogP) is 1.61. The molecule has 36 heavy (non-hydrogen) atoms. The van der Waals surface area contributed by atoms with Gasteiger partial charge in [-0.05, 0) is 42.2 Å². The Bertz CT molecular complexity index is 1180. The number of amides is 4. The number of nitrogens with one attached hydrogen (secondary N) is 2. The molecule has 4 amide bonds. The third-order valence-electron chi connectivity index (χ3n) is 7.06. The molecule has 0 aromatic heterocycles. The Morgan fingerprint density at radius 3 is 2.67 bits per heavy atom. The summed E-state index contributed by atoms with van der Waals surface area (Å²) in [7, 11) is 0. The number of carbonyl (C=O) groups is 4. The van der Waals surface area contributed by atoms with Crippen LogP contribution in [0.5, 0.6) is 5.75 Å². The first-order valence-corrected chi connectivity index (χ1v) is 12.3. The van der Waals surface area contributed by atoms with Gasteiger partial charge in [0.15, 0.2) is 0 Å². The molecule has 2 N–H and O–H groups in total. The number of ether oxygens (including phenoxy) is 1. The van der Waals surface area contributed by atoms with Crippen molar-refractivity contribution >= 4 is 23.6 Å². The van der Waals surface area contributed by atoms with Gasteiger partial charge in [-0.25, -0.2) is 0 Å². The number of fused-ring (bicyclic) bond motifs is 1.